The van der Waals surface area contributed by atoms with Crippen LogP contribution in [0.5, 0.6) is 5.75 Å². The minimum absolute atomic E-state index is 0.0918. The van der Waals surface area contributed by atoms with E-state index in [1.54, 1.807) is 0 Å². The second-order valence-electron chi connectivity index (χ2n) is 8.48. The van der Waals surface area contributed by atoms with Crippen molar-refractivity contribution in [1.29, 1.82) is 0 Å². The summed E-state index contributed by atoms with van der Waals surface area (Å²) in [6, 6.07) is 12.8. The summed E-state index contributed by atoms with van der Waals surface area (Å²) in [6.07, 6.45) is -3.89. The van der Waals surface area contributed by atoms with Crippen molar-refractivity contribution in [1.82, 2.24) is 9.80 Å². The van der Waals surface area contributed by atoms with Crippen LogP contribution in [0.2, 0.25) is 0 Å². The van der Waals surface area contributed by atoms with E-state index in [4.69, 9.17) is 0 Å². The first-order valence-corrected chi connectivity index (χ1v) is 11.2. The van der Waals surface area contributed by atoms with Gasteiger partial charge in [0.15, 0.2) is 0 Å². The van der Waals surface area contributed by atoms with Gasteiger partial charge in [0, 0.05) is 44.1 Å². The summed E-state index contributed by atoms with van der Waals surface area (Å²) in [7, 11) is 0. The van der Waals surface area contributed by atoms with Crippen LogP contribution >= 0.6 is 0 Å². The summed E-state index contributed by atoms with van der Waals surface area (Å²) in [4.78, 5) is 31.5. The van der Waals surface area contributed by atoms with E-state index in [9.17, 15) is 22.8 Å². The topological polar surface area (TPSA) is 65.1 Å². The fourth-order valence-electron chi connectivity index (χ4n) is 4.40. The Balaban J connectivity index is 1.23. The molecule has 2 heterocycles. The average Bonchev–Trinajstić information content (AvgIpc) is 3.23. The monoisotopic (exact) mass is 476 g/mol. The number of benzene rings is 2. The maximum atomic E-state index is 13.1. The number of carbonyl (C=O) groups excluding carboxylic acids is 2. The molecular formula is C24H27F3N4O3. The molecule has 0 aliphatic carbocycles. The quantitative estimate of drug-likeness (QED) is 0.694. The number of nitrogens with one attached hydrogen (secondary N) is 1. The lowest BCUT2D eigenvalue weighted by molar-refractivity contribution is -0.274. The molecule has 2 aliphatic rings. The second-order valence-corrected chi connectivity index (χ2v) is 8.48. The lowest BCUT2D eigenvalue weighted by Gasteiger charge is -2.38. The molecule has 1 saturated heterocycles. The number of piperazine rings is 1. The summed E-state index contributed by atoms with van der Waals surface area (Å²) < 4.78 is 40.6. The summed E-state index contributed by atoms with van der Waals surface area (Å²) in [6.45, 7) is 5.40. The highest BCUT2D eigenvalue weighted by atomic mass is 19.4. The second kappa shape index (κ2) is 10.0. The molecule has 7 nitrogen and oxygen atoms in total. The molecular weight excluding hydrogens is 449 g/mol. The van der Waals surface area contributed by atoms with Crippen LogP contribution < -0.4 is 15.0 Å². The molecule has 1 N–H and O–H groups in total. The van der Waals surface area contributed by atoms with Gasteiger partial charge in [-0.2, -0.15) is 0 Å². The van der Waals surface area contributed by atoms with Crippen LogP contribution in [0.3, 0.4) is 0 Å². The van der Waals surface area contributed by atoms with Crippen molar-refractivity contribution in [2.75, 3.05) is 49.5 Å². The number of hydrogen-bond donors (Lipinski definition) is 1. The van der Waals surface area contributed by atoms with Gasteiger partial charge < -0.3 is 15.0 Å². The van der Waals surface area contributed by atoms with Gasteiger partial charge in [0.2, 0.25) is 11.8 Å². The third-order valence-electron chi connectivity index (χ3n) is 6.20. The molecule has 1 atom stereocenters. The van der Waals surface area contributed by atoms with Crippen LogP contribution in [0.4, 0.5) is 24.5 Å². The van der Waals surface area contributed by atoms with Gasteiger partial charge in [-0.15, -0.1) is 13.2 Å². The minimum atomic E-state index is -4.76. The summed E-state index contributed by atoms with van der Waals surface area (Å²) in [5.74, 6) is -0.507. The lowest BCUT2D eigenvalue weighted by atomic mass is 10.1. The zero-order valence-corrected chi connectivity index (χ0v) is 18.8. The van der Waals surface area contributed by atoms with E-state index in [1.165, 1.54) is 17.7 Å². The first-order valence-electron chi connectivity index (χ1n) is 11.2. The molecule has 4 rings (SSSR count). The number of nitrogens with zero attached hydrogens (tertiary/aromatic N) is 3. The summed E-state index contributed by atoms with van der Waals surface area (Å²) >= 11 is 0. The third kappa shape index (κ3) is 5.87. The van der Waals surface area contributed by atoms with Crippen LogP contribution in [0.1, 0.15) is 12.5 Å². The molecule has 34 heavy (non-hydrogen) atoms. The molecule has 2 aromatic carbocycles. The fraction of sp³-hybridized carbons (Fsp3) is 0.417. The molecule has 2 aromatic rings. The molecule has 1 unspecified atom stereocenters. The highest BCUT2D eigenvalue weighted by molar-refractivity contribution is 5.98. The van der Waals surface area contributed by atoms with Crippen molar-refractivity contribution >= 4 is 23.2 Å². The molecule has 0 spiro atoms. The van der Waals surface area contributed by atoms with Gasteiger partial charge in [-0.1, -0.05) is 18.2 Å². The Bertz CT molecular complexity index is 1020. The summed E-state index contributed by atoms with van der Waals surface area (Å²) in [5, 5.41) is 2.69. The van der Waals surface area contributed by atoms with Crippen molar-refractivity contribution < 1.29 is 27.5 Å². The number of alkyl halides is 3. The largest absolute Gasteiger partial charge is 0.573 e. The Labute approximate surface area is 196 Å². The number of halogens is 3. The predicted octanol–water partition coefficient (Wildman–Crippen LogP) is 3.12. The minimum Gasteiger partial charge on any atom is -0.406 e. The molecule has 2 aliphatic heterocycles. The molecule has 0 aromatic heterocycles. The van der Waals surface area contributed by atoms with E-state index < -0.39 is 6.36 Å². The Kier molecular flexibility index (Phi) is 7.08. The van der Waals surface area contributed by atoms with Gasteiger partial charge in [-0.3, -0.25) is 19.4 Å². The van der Waals surface area contributed by atoms with Crippen molar-refractivity contribution in [3.63, 3.8) is 0 Å². The summed E-state index contributed by atoms with van der Waals surface area (Å²) in [5.41, 5.74) is 2.58. The highest BCUT2D eigenvalue weighted by Crippen LogP contribution is 2.28. The molecule has 1 fully saturated rings. The van der Waals surface area contributed by atoms with Crippen LogP contribution in [0, 0.1) is 0 Å². The number of ether oxygens (including phenoxy) is 1. The molecule has 10 heteroatoms. The first-order chi connectivity index (χ1) is 16.2. The third-order valence-corrected chi connectivity index (χ3v) is 6.20. The van der Waals surface area contributed by atoms with Crippen LogP contribution in [0.15, 0.2) is 48.5 Å². The van der Waals surface area contributed by atoms with E-state index in [0.717, 1.165) is 24.2 Å². The SMILES string of the molecule is CC(C(=O)N1CCc2ccccc21)N1CCN(CC(=O)Nc2ccc(OC(F)(F)F)cc2)CC1. The maximum absolute atomic E-state index is 13.1. The number of rotatable bonds is 6. The number of para-hydroxylation sites is 1. The Morgan fingerprint density at radius 2 is 1.68 bits per heavy atom. The smallest absolute Gasteiger partial charge is 0.406 e. The zero-order chi connectivity index (χ0) is 24.3. The van der Waals surface area contributed by atoms with Crippen LogP contribution in [-0.2, 0) is 16.0 Å². The van der Waals surface area contributed by atoms with E-state index in [1.807, 2.05) is 34.9 Å². The zero-order valence-electron chi connectivity index (χ0n) is 18.8. The molecule has 2 amide bonds. The lowest BCUT2D eigenvalue weighted by Crippen LogP contribution is -2.55. The van der Waals surface area contributed by atoms with Gasteiger partial charge in [-0.25, -0.2) is 0 Å². The molecule has 0 bridgehead atoms. The Morgan fingerprint density at radius 3 is 2.35 bits per heavy atom. The van der Waals surface area contributed by atoms with Gasteiger partial charge in [0.1, 0.15) is 5.75 Å². The normalized spacial score (nSPS) is 17.8. The Morgan fingerprint density at radius 1 is 1.00 bits per heavy atom. The standard InChI is InChI=1S/C24H27F3N4O3/c1-17(23(33)31-11-10-18-4-2-3-5-21(18)31)30-14-12-29(13-15-30)16-22(32)28-19-6-8-20(9-7-19)34-24(25,26)27/h2-9,17H,10-16H2,1H3,(H,28,32). The van der Waals surface area contributed by atoms with Crippen molar-refractivity contribution in [2.45, 2.75) is 25.7 Å². The predicted molar refractivity (Wildman–Crippen MR) is 122 cm³/mol. The fourth-order valence-corrected chi connectivity index (χ4v) is 4.40. The maximum Gasteiger partial charge on any atom is 0.573 e. The van der Waals surface area contributed by atoms with E-state index in [0.29, 0.717) is 38.4 Å². The molecule has 0 saturated carbocycles. The Hall–Kier alpha value is -3.11. The number of hydrogen-bond acceptors (Lipinski definition) is 5. The number of amides is 2. The molecule has 0 radical (unpaired) electrons. The van der Waals surface area contributed by atoms with Gasteiger partial charge in [-0.05, 0) is 49.2 Å². The van der Waals surface area contributed by atoms with E-state index in [2.05, 4.69) is 21.0 Å². The first kappa shape index (κ1) is 24.0. The van der Waals surface area contributed by atoms with Crippen molar-refractivity contribution in [3.8, 4) is 5.75 Å². The average molecular weight is 476 g/mol. The van der Waals surface area contributed by atoms with Gasteiger partial charge in [0.05, 0.1) is 12.6 Å². The number of carbonyl (C=O) groups is 2. The number of fused-ring (bicyclic) bond motifs is 1. The number of anilines is 2. The van der Waals surface area contributed by atoms with Gasteiger partial charge in [0.25, 0.3) is 0 Å². The van der Waals surface area contributed by atoms with Crippen LogP contribution in [-0.4, -0.2) is 73.3 Å². The van der Waals surface area contributed by atoms with E-state index in [-0.39, 0.29) is 30.2 Å². The van der Waals surface area contributed by atoms with Crippen molar-refractivity contribution in [3.05, 3.63) is 54.1 Å². The molecule has 182 valence electrons. The van der Waals surface area contributed by atoms with Crippen LogP contribution in [0.25, 0.3) is 0 Å². The van der Waals surface area contributed by atoms with Crippen molar-refractivity contribution in [2.24, 2.45) is 0 Å². The van der Waals surface area contributed by atoms with Gasteiger partial charge >= 0.3 is 6.36 Å². The van der Waals surface area contributed by atoms with E-state index >= 15 is 0 Å². The highest BCUT2D eigenvalue weighted by Gasteiger charge is 2.33.